The maximum absolute atomic E-state index is 12.7. The van der Waals surface area contributed by atoms with Crippen LogP contribution in [0.25, 0.3) is 17.0 Å². The summed E-state index contributed by atoms with van der Waals surface area (Å²) in [6.45, 7) is 2.50. The van der Waals surface area contributed by atoms with Gasteiger partial charge in [0, 0.05) is 0 Å². The van der Waals surface area contributed by atoms with E-state index in [1.165, 1.54) is 0 Å². The number of rotatable bonds is 5. The molecule has 146 valence electrons. The quantitative estimate of drug-likeness (QED) is 0.654. The molecule has 0 radical (unpaired) electrons. The Morgan fingerprint density at radius 1 is 1.10 bits per heavy atom. The molecule has 2 amide bonds. The Kier molecular flexibility index (Phi) is 5.18. The molecule has 2 aromatic carbocycles. The van der Waals surface area contributed by atoms with Gasteiger partial charge in [0.15, 0.2) is 0 Å². The highest BCUT2D eigenvalue weighted by molar-refractivity contribution is 8.18. The highest BCUT2D eigenvalue weighted by Gasteiger charge is 2.24. The van der Waals surface area contributed by atoms with Crippen molar-refractivity contribution in [2.45, 2.75) is 13.5 Å². The molecule has 1 fully saturated rings. The van der Waals surface area contributed by atoms with Crippen molar-refractivity contribution in [2.75, 3.05) is 6.61 Å². The van der Waals surface area contributed by atoms with Gasteiger partial charge >= 0.3 is 0 Å². The van der Waals surface area contributed by atoms with E-state index in [0.29, 0.717) is 40.5 Å². The number of amides is 2. The second kappa shape index (κ2) is 7.92. The van der Waals surface area contributed by atoms with Crippen molar-refractivity contribution in [3.8, 4) is 5.75 Å². The molecule has 1 aliphatic rings. The van der Waals surface area contributed by atoms with Crippen LogP contribution < -0.4 is 15.6 Å². The van der Waals surface area contributed by atoms with Crippen molar-refractivity contribution in [1.29, 1.82) is 0 Å². The number of fused-ring (bicyclic) bond motifs is 1. The van der Waals surface area contributed by atoms with Crippen LogP contribution in [0.5, 0.6) is 5.75 Å². The van der Waals surface area contributed by atoms with Crippen LogP contribution in [0.2, 0.25) is 0 Å². The zero-order chi connectivity index (χ0) is 20.4. The molecular formula is C21H17N3O4S. The molecule has 1 N–H and O–H groups in total. The summed E-state index contributed by atoms with van der Waals surface area (Å²) in [5.41, 5.74) is 1.39. The summed E-state index contributed by atoms with van der Waals surface area (Å²) in [5, 5.41) is 2.44. The van der Waals surface area contributed by atoms with Crippen LogP contribution in [0.15, 0.2) is 58.2 Å². The number of nitrogens with zero attached hydrogens (tertiary/aromatic N) is 2. The van der Waals surface area contributed by atoms with Crippen LogP contribution in [0.4, 0.5) is 4.79 Å². The molecule has 0 saturated carbocycles. The number of thioether (sulfide) groups is 1. The number of hydrogen-bond acceptors (Lipinski definition) is 6. The molecule has 0 spiro atoms. The minimum atomic E-state index is -0.384. The van der Waals surface area contributed by atoms with Crippen LogP contribution in [0.1, 0.15) is 11.4 Å². The topological polar surface area (TPSA) is 90.3 Å². The third kappa shape index (κ3) is 4.07. The molecule has 7 nitrogen and oxygen atoms in total. The number of aromatic nitrogens is 2. The summed E-state index contributed by atoms with van der Waals surface area (Å²) in [4.78, 5) is 40.3. The molecular weight excluding hydrogens is 390 g/mol. The Morgan fingerprint density at radius 3 is 2.59 bits per heavy atom. The van der Waals surface area contributed by atoms with Gasteiger partial charge in [-0.1, -0.05) is 24.3 Å². The molecule has 0 atom stereocenters. The number of hydrogen-bond donors (Lipinski definition) is 1. The first kappa shape index (κ1) is 18.9. The Morgan fingerprint density at radius 2 is 1.86 bits per heavy atom. The first-order valence-corrected chi connectivity index (χ1v) is 9.77. The molecule has 1 aromatic heterocycles. The number of ether oxygens (including phenoxy) is 1. The van der Waals surface area contributed by atoms with Crippen molar-refractivity contribution in [2.24, 2.45) is 0 Å². The van der Waals surface area contributed by atoms with Gasteiger partial charge in [-0.3, -0.25) is 24.3 Å². The van der Waals surface area contributed by atoms with Crippen LogP contribution in [-0.2, 0) is 11.3 Å². The highest BCUT2D eigenvalue weighted by atomic mass is 32.2. The maximum Gasteiger partial charge on any atom is 0.290 e. The molecule has 3 aromatic rings. The first-order valence-electron chi connectivity index (χ1n) is 8.95. The summed E-state index contributed by atoms with van der Waals surface area (Å²) >= 11 is 0.880. The molecule has 1 aliphatic heterocycles. The van der Waals surface area contributed by atoms with Gasteiger partial charge in [0.1, 0.15) is 18.2 Å². The average molecular weight is 407 g/mol. The van der Waals surface area contributed by atoms with E-state index >= 15 is 0 Å². The SMILES string of the molecule is Cc1nc2ccccc2c(=O)n1CCOc1ccc(C=C2SC(=O)NC2=O)cc1. The molecule has 1 saturated heterocycles. The predicted molar refractivity (Wildman–Crippen MR) is 112 cm³/mol. The van der Waals surface area contributed by atoms with Gasteiger partial charge in [-0.25, -0.2) is 4.98 Å². The number of carbonyl (C=O) groups is 2. The van der Waals surface area contributed by atoms with E-state index in [1.807, 2.05) is 18.2 Å². The van der Waals surface area contributed by atoms with E-state index in [4.69, 9.17) is 4.74 Å². The van der Waals surface area contributed by atoms with E-state index in [9.17, 15) is 14.4 Å². The number of nitrogens with one attached hydrogen (secondary N) is 1. The van der Waals surface area contributed by atoms with Gasteiger partial charge < -0.3 is 4.74 Å². The minimum Gasteiger partial charge on any atom is -0.492 e. The lowest BCUT2D eigenvalue weighted by Gasteiger charge is -2.12. The lowest BCUT2D eigenvalue weighted by molar-refractivity contribution is -0.115. The van der Waals surface area contributed by atoms with E-state index in [0.717, 1.165) is 17.3 Å². The van der Waals surface area contributed by atoms with Crippen molar-refractivity contribution in [3.63, 3.8) is 0 Å². The van der Waals surface area contributed by atoms with Gasteiger partial charge in [-0.2, -0.15) is 0 Å². The Bertz CT molecular complexity index is 1200. The van der Waals surface area contributed by atoms with Crippen molar-refractivity contribution in [3.05, 3.63) is 75.2 Å². The third-order valence-corrected chi connectivity index (χ3v) is 5.27. The summed E-state index contributed by atoms with van der Waals surface area (Å²) in [7, 11) is 0. The minimum absolute atomic E-state index is 0.0828. The maximum atomic E-state index is 12.7. The van der Waals surface area contributed by atoms with Crippen molar-refractivity contribution >= 4 is 39.9 Å². The summed E-state index contributed by atoms with van der Waals surface area (Å²) < 4.78 is 7.35. The molecule has 0 unspecified atom stereocenters. The monoisotopic (exact) mass is 407 g/mol. The van der Waals surface area contributed by atoms with Gasteiger partial charge in [0.05, 0.1) is 22.4 Å². The molecule has 0 bridgehead atoms. The summed E-state index contributed by atoms with van der Waals surface area (Å²) in [6.07, 6.45) is 1.65. The molecule has 4 rings (SSSR count). The van der Waals surface area contributed by atoms with Gasteiger partial charge in [-0.15, -0.1) is 0 Å². The van der Waals surface area contributed by atoms with E-state index in [1.54, 1.807) is 47.9 Å². The number of benzene rings is 2. The Labute approximate surface area is 170 Å². The van der Waals surface area contributed by atoms with Gasteiger partial charge in [0.2, 0.25) is 0 Å². The zero-order valence-electron chi connectivity index (χ0n) is 15.5. The number of carbonyl (C=O) groups excluding carboxylic acids is 2. The second-order valence-corrected chi connectivity index (χ2v) is 7.42. The van der Waals surface area contributed by atoms with Crippen LogP contribution in [-0.4, -0.2) is 27.3 Å². The molecule has 8 heteroatoms. The van der Waals surface area contributed by atoms with Crippen LogP contribution in [0, 0.1) is 6.92 Å². The fourth-order valence-electron chi connectivity index (χ4n) is 3.03. The zero-order valence-corrected chi connectivity index (χ0v) is 16.4. The lowest BCUT2D eigenvalue weighted by atomic mass is 10.2. The number of aryl methyl sites for hydroxylation is 1. The fraction of sp³-hybridized carbons (Fsp3) is 0.143. The molecule has 0 aliphatic carbocycles. The first-order chi connectivity index (χ1) is 14.0. The van der Waals surface area contributed by atoms with E-state index in [-0.39, 0.29) is 16.7 Å². The average Bonchev–Trinajstić information content (AvgIpc) is 3.02. The smallest absolute Gasteiger partial charge is 0.290 e. The third-order valence-electron chi connectivity index (χ3n) is 4.46. The van der Waals surface area contributed by atoms with E-state index < -0.39 is 0 Å². The Hall–Kier alpha value is -3.39. The van der Waals surface area contributed by atoms with Gasteiger partial charge in [-0.05, 0) is 54.6 Å². The number of para-hydroxylation sites is 1. The number of imide groups is 1. The van der Waals surface area contributed by atoms with Crippen molar-refractivity contribution < 1.29 is 14.3 Å². The van der Waals surface area contributed by atoms with Crippen molar-refractivity contribution in [1.82, 2.24) is 14.9 Å². The summed E-state index contributed by atoms with van der Waals surface area (Å²) in [6, 6.07) is 14.4. The Balaban J connectivity index is 1.42. The largest absolute Gasteiger partial charge is 0.492 e. The second-order valence-electron chi connectivity index (χ2n) is 6.40. The normalized spacial score (nSPS) is 15.1. The standard InChI is InChI=1S/C21H17N3O4S/c1-13-22-17-5-3-2-4-16(17)20(26)24(13)10-11-28-15-8-6-14(7-9-15)12-18-19(25)23-21(27)29-18/h2-9,12H,10-11H2,1H3,(H,23,25,27). The van der Waals surface area contributed by atoms with E-state index in [2.05, 4.69) is 10.3 Å². The molecule has 2 heterocycles. The molecule has 29 heavy (non-hydrogen) atoms. The lowest BCUT2D eigenvalue weighted by Crippen LogP contribution is -2.26. The highest BCUT2D eigenvalue weighted by Crippen LogP contribution is 2.26. The predicted octanol–water partition coefficient (Wildman–Crippen LogP) is 3.11. The van der Waals surface area contributed by atoms with Crippen LogP contribution in [0.3, 0.4) is 0 Å². The fourth-order valence-corrected chi connectivity index (χ4v) is 3.71. The summed E-state index contributed by atoms with van der Waals surface area (Å²) in [5.74, 6) is 0.900. The van der Waals surface area contributed by atoms with Gasteiger partial charge in [0.25, 0.3) is 16.7 Å². The van der Waals surface area contributed by atoms with Crippen LogP contribution >= 0.6 is 11.8 Å².